The first kappa shape index (κ1) is 97.8. The Kier molecular flexibility index (Phi) is 33.7. The quantitative estimate of drug-likeness (QED) is 0.0340. The van der Waals surface area contributed by atoms with Crippen LogP contribution in [-0.4, -0.2) is 69.2 Å². The van der Waals surface area contributed by atoms with Crippen LogP contribution in [0.4, 0.5) is 65.9 Å². The zero-order chi connectivity index (χ0) is 93.4. The van der Waals surface area contributed by atoms with E-state index in [9.17, 15) is 85.0 Å². The van der Waals surface area contributed by atoms with Gasteiger partial charge in [0.15, 0.2) is 11.5 Å². The Balaban J connectivity index is 0.000000179. The van der Waals surface area contributed by atoms with Crippen LogP contribution in [0.1, 0.15) is 200 Å². The number of halogens is 16. The highest BCUT2D eigenvalue weighted by atomic mass is 35.5. The maximum atomic E-state index is 13.0. The normalized spacial score (nSPS) is 13.3. The summed E-state index contributed by atoms with van der Waals surface area (Å²) in [6, 6.07) is 50.2. The molecule has 20 nitrogen and oxygen atoms in total. The average molecular weight is 1830 g/mol. The molecule has 36 heteroatoms. The Labute approximate surface area is 733 Å². The molecule has 1 aliphatic carbocycles. The van der Waals surface area contributed by atoms with Crippen molar-refractivity contribution >= 4 is 40.3 Å². The van der Waals surface area contributed by atoms with E-state index in [0.717, 1.165) is 71.7 Å². The van der Waals surface area contributed by atoms with Crippen molar-refractivity contribution in [3.8, 4) is 46.0 Å². The van der Waals surface area contributed by atoms with Gasteiger partial charge in [0.2, 0.25) is 0 Å². The number of alkyl halides is 15. The van der Waals surface area contributed by atoms with E-state index in [2.05, 4.69) is 46.2 Å². The number of ketones is 4. The fraction of sp³-hybridized carbons (Fsp3) is 0.290. The smallest absolute Gasteiger partial charge is 0.489 e. The molecule has 0 N–H and O–H groups in total. The van der Waals surface area contributed by atoms with Gasteiger partial charge in [-0.2, -0.15) is 13.2 Å². The van der Waals surface area contributed by atoms with Crippen LogP contribution in [0.5, 0.6) is 46.0 Å². The molecule has 0 aliphatic heterocycles. The van der Waals surface area contributed by atoms with Crippen molar-refractivity contribution in [3.63, 3.8) is 0 Å². The number of allylic oxidation sites excluding steroid dienone is 1. The van der Waals surface area contributed by atoms with Crippen molar-refractivity contribution in [1.82, 2.24) is 20.6 Å². The van der Waals surface area contributed by atoms with Gasteiger partial charge in [-0.15, -0.1) is 52.7 Å². The molecule has 12 aromatic rings. The van der Waals surface area contributed by atoms with E-state index in [1.165, 1.54) is 83.1 Å². The van der Waals surface area contributed by atoms with E-state index >= 15 is 0 Å². The Morgan fingerprint density at radius 3 is 0.961 bits per heavy atom. The number of benzene rings is 8. The molecule has 0 saturated heterocycles. The third-order valence-corrected chi connectivity index (χ3v) is 19.9. The minimum Gasteiger partial charge on any atom is -0.489 e. The van der Waals surface area contributed by atoms with E-state index in [0.29, 0.717) is 86.9 Å². The number of carbonyl (C=O) groups is 4. The topological polar surface area (TPSA) is 246 Å². The monoisotopic (exact) mass is 1830 g/mol. The van der Waals surface area contributed by atoms with Crippen LogP contribution in [0.25, 0.3) is 5.57 Å². The van der Waals surface area contributed by atoms with Crippen molar-refractivity contribution < 1.29 is 141 Å². The maximum absolute atomic E-state index is 13.0. The van der Waals surface area contributed by atoms with Crippen LogP contribution in [0.2, 0.25) is 5.02 Å². The lowest BCUT2D eigenvalue weighted by molar-refractivity contribution is -0.287. The molecule has 1 aliphatic rings. The summed E-state index contributed by atoms with van der Waals surface area (Å²) >= 11 is 5.63. The van der Waals surface area contributed by atoms with Crippen LogP contribution >= 0.6 is 11.6 Å². The number of hydrogen-bond donors (Lipinski definition) is 0. The molecule has 1 saturated carbocycles. The van der Waals surface area contributed by atoms with Gasteiger partial charge in [0.05, 0.1) is 33.4 Å². The van der Waals surface area contributed by atoms with Gasteiger partial charge in [-0.05, 0) is 206 Å². The second kappa shape index (κ2) is 44.4. The summed E-state index contributed by atoms with van der Waals surface area (Å²) < 4.78 is 248. The number of ether oxygens (including phenoxy) is 8. The summed E-state index contributed by atoms with van der Waals surface area (Å²) in [6.07, 6.45) is -13.9. The summed E-state index contributed by atoms with van der Waals surface area (Å²) in [7, 11) is 0. The number of nitrogens with zero attached hydrogens (tertiary/aromatic N) is 4. The minimum atomic E-state index is -5.22. The van der Waals surface area contributed by atoms with Gasteiger partial charge < -0.3 is 56.0 Å². The van der Waals surface area contributed by atoms with Crippen molar-refractivity contribution in [2.75, 3.05) is 0 Å². The maximum Gasteiger partial charge on any atom is 0.573 e. The fourth-order valence-electron chi connectivity index (χ4n) is 13.8. The van der Waals surface area contributed by atoms with Crippen molar-refractivity contribution in [2.24, 2.45) is 0 Å². The standard InChI is InChI=1S/C26H26F3NO4.C24H22F3NO4.C22H17F6NO5.C21H17ClF3NO3/c1-17(31)14-22(24-12-13-33-30-24)20-7-9-21(10-8-20)32-16-18-6-11-25(34-26(27,28)29)23(15-18)19-4-2-3-5-19;1-15(2)20-13-17(4-9-23(20)32-24(25,26)27)14-30-19-7-5-18(6-8-19)21(12-16(3)29)22-10-11-31-28-22;1-13(30)10-17(18-8-9-32-29-18)15-3-5-16(6-4-15)31-12-14-2-7-19(33-21(23,24)25)20(11-14)34-22(26,27)28;1-13(27)10-17(20-8-9-29-26-20)15-3-5-16(6-4-15)28-12-14-2-7-19(22)18(11-14)21(23,24)25/h6-13,15,19,22H,2-5,14,16H2,1H3;4-11,13,21H,1,12,14H2,2-3H3;2-9,11,17H,10,12H2,1H3;2-9,11,17H,10,12H2,1H3/t22-;21-;2*17-/m0000/s1. The second-order valence-electron chi connectivity index (χ2n) is 29.7. The lowest BCUT2D eigenvalue weighted by Crippen LogP contribution is -2.21. The van der Waals surface area contributed by atoms with Gasteiger partial charge in [0, 0.05) is 79.2 Å². The van der Waals surface area contributed by atoms with Gasteiger partial charge in [0.25, 0.3) is 0 Å². The highest BCUT2D eigenvalue weighted by Gasteiger charge is 2.39. The highest BCUT2D eigenvalue weighted by Crippen LogP contribution is 2.44. The molecular formula is C93H82ClF15N4O16. The SMILES string of the molecule is C=C(C)c1cc(COc2ccc([C@H](CC(C)=O)c3ccon3)cc2)ccc1OC(F)(F)F.CC(=O)C[C@@H](c1ccc(OCc2ccc(Cl)c(C(F)(F)F)c2)cc1)c1ccon1.CC(=O)C[C@@H](c1ccc(OCc2ccc(OC(F)(F)F)c(C3CCCC3)c2)cc1)c1ccon1.CC(=O)C[C@@H](c1ccc(OCc2ccc(OC(F)(F)F)c(OC(F)(F)F)c2)cc1)c1ccon1. The molecule has 4 atom stereocenters. The molecule has 8 aromatic carbocycles. The van der Waals surface area contributed by atoms with Gasteiger partial charge in [-0.25, -0.2) is 0 Å². The summed E-state index contributed by atoms with van der Waals surface area (Å²) in [6.45, 7) is 11.4. The molecule has 0 spiro atoms. The van der Waals surface area contributed by atoms with Gasteiger partial charge in [-0.1, -0.05) is 124 Å². The van der Waals surface area contributed by atoms with Crippen LogP contribution in [0.3, 0.4) is 0 Å². The zero-order valence-electron chi connectivity index (χ0n) is 69.2. The van der Waals surface area contributed by atoms with E-state index in [-0.39, 0.29) is 120 Å². The van der Waals surface area contributed by atoms with Crippen molar-refractivity contribution in [2.45, 2.75) is 174 Å². The Bertz CT molecular complexity index is 5610. The van der Waals surface area contributed by atoms with Crippen LogP contribution in [-0.2, 0) is 51.8 Å². The summed E-state index contributed by atoms with van der Waals surface area (Å²) in [5, 5.41) is 15.4. The molecule has 0 bridgehead atoms. The molecule has 129 heavy (non-hydrogen) atoms. The Morgan fingerprint density at radius 2 is 0.651 bits per heavy atom. The Morgan fingerprint density at radius 1 is 0.364 bits per heavy atom. The van der Waals surface area contributed by atoms with Gasteiger partial charge >= 0.3 is 31.6 Å². The number of Topliss-reactive ketones (excluding diaryl/α,β-unsaturated/α-hetero) is 4. The first-order valence-corrected chi connectivity index (χ1v) is 39.8. The predicted molar refractivity (Wildman–Crippen MR) is 436 cm³/mol. The predicted octanol–water partition coefficient (Wildman–Crippen LogP) is 25.4. The zero-order valence-corrected chi connectivity index (χ0v) is 70.0. The molecule has 0 radical (unpaired) electrons. The molecule has 13 rings (SSSR count). The number of rotatable bonds is 34. The summed E-state index contributed by atoms with van der Waals surface area (Å²) in [5.74, 6) is -1.63. The van der Waals surface area contributed by atoms with Crippen molar-refractivity contribution in [3.05, 3.63) is 315 Å². The largest absolute Gasteiger partial charge is 0.573 e. The lowest BCUT2D eigenvalue weighted by atomic mass is 9.91. The van der Waals surface area contributed by atoms with Gasteiger partial charge in [-0.3, -0.25) is 19.2 Å². The van der Waals surface area contributed by atoms with Crippen LogP contribution < -0.4 is 37.9 Å². The number of carbonyl (C=O) groups excluding carboxylic acids is 4. The third kappa shape index (κ3) is 31.3. The van der Waals surface area contributed by atoms with Crippen LogP contribution in [0.15, 0.2) is 244 Å². The van der Waals surface area contributed by atoms with Crippen LogP contribution in [0, 0.1) is 0 Å². The molecule has 1 fully saturated rings. The fourth-order valence-corrected chi connectivity index (χ4v) is 14.0. The van der Waals surface area contributed by atoms with E-state index in [1.54, 1.807) is 110 Å². The number of hydrogen-bond acceptors (Lipinski definition) is 20. The minimum absolute atomic E-state index is 0.0153. The summed E-state index contributed by atoms with van der Waals surface area (Å²) in [4.78, 5) is 46.6. The first-order chi connectivity index (χ1) is 61.0. The molecule has 4 aromatic heterocycles. The number of aromatic nitrogens is 4. The van der Waals surface area contributed by atoms with E-state index in [1.807, 2.05) is 36.4 Å². The first-order valence-electron chi connectivity index (χ1n) is 39.5. The second-order valence-corrected chi connectivity index (χ2v) is 30.1. The third-order valence-electron chi connectivity index (χ3n) is 19.6. The molecule has 4 heterocycles. The van der Waals surface area contributed by atoms with Gasteiger partial charge in [0.1, 0.15) is 109 Å². The van der Waals surface area contributed by atoms with Crippen molar-refractivity contribution in [1.29, 1.82) is 0 Å². The highest BCUT2D eigenvalue weighted by molar-refractivity contribution is 6.31. The average Bonchev–Trinajstić information content (AvgIpc) is 1.12. The molecule has 682 valence electrons. The van der Waals surface area contributed by atoms with E-state index < -0.39 is 48.7 Å². The molecule has 0 unspecified atom stereocenters. The Hall–Kier alpha value is -13.3. The molecule has 0 amide bonds. The lowest BCUT2D eigenvalue weighted by Gasteiger charge is -2.19. The summed E-state index contributed by atoms with van der Waals surface area (Å²) in [5.41, 5.74) is 8.28. The molecular weight excluding hydrogens is 1750 g/mol. The van der Waals surface area contributed by atoms with E-state index in [4.69, 9.17) is 48.6 Å².